The van der Waals surface area contributed by atoms with E-state index in [4.69, 9.17) is 14.3 Å². The number of hydrogen-bond donors (Lipinski definition) is 1. The van der Waals surface area contributed by atoms with E-state index in [2.05, 4.69) is 10.4 Å². The maximum atomic E-state index is 12.1. The molecule has 0 bridgehead atoms. The molecule has 1 unspecified atom stereocenters. The molecule has 0 radical (unpaired) electrons. The molecule has 1 heterocycles. The van der Waals surface area contributed by atoms with Crippen LogP contribution >= 0.6 is 0 Å². The van der Waals surface area contributed by atoms with Gasteiger partial charge < -0.3 is 9.47 Å². The minimum Gasteiger partial charge on any atom is -0.379 e. The lowest BCUT2D eigenvalue weighted by atomic mass is 9.94. The summed E-state index contributed by atoms with van der Waals surface area (Å²) in [5.41, 5.74) is 3.25. The van der Waals surface area contributed by atoms with Crippen LogP contribution in [-0.4, -0.2) is 51.3 Å². The van der Waals surface area contributed by atoms with Gasteiger partial charge in [-0.3, -0.25) is 14.5 Å². The fourth-order valence-electron chi connectivity index (χ4n) is 2.48. The molecule has 122 valence electrons. The number of rotatable bonds is 6. The summed E-state index contributed by atoms with van der Waals surface area (Å²) < 4.78 is 10.8. The highest BCUT2D eigenvalue weighted by molar-refractivity contribution is 5.85. The number of morpholine rings is 1. The van der Waals surface area contributed by atoms with E-state index < -0.39 is 5.60 Å². The maximum Gasteiger partial charge on any atom is 0.280 e. The average molecular weight is 308 g/mol. The molecule has 6 heteroatoms. The van der Waals surface area contributed by atoms with Crippen LogP contribution in [0.5, 0.6) is 0 Å². The highest BCUT2D eigenvalue weighted by Gasteiger charge is 2.35. The Bertz CT molecular complexity index is 485. The lowest BCUT2D eigenvalue weighted by molar-refractivity contribution is -0.153. The van der Waals surface area contributed by atoms with E-state index in [0.29, 0.717) is 0 Å². The second-order valence-corrected chi connectivity index (χ2v) is 5.46. The van der Waals surface area contributed by atoms with Gasteiger partial charge in [0.05, 0.1) is 20.3 Å². The number of ether oxygens (including phenoxy) is 2. The van der Waals surface area contributed by atoms with Crippen molar-refractivity contribution in [3.63, 3.8) is 0 Å². The Morgan fingerprint density at radius 1 is 1.27 bits per heavy atom. The smallest absolute Gasteiger partial charge is 0.280 e. The summed E-state index contributed by atoms with van der Waals surface area (Å²) in [6.45, 7) is 6.09. The summed E-state index contributed by atoms with van der Waals surface area (Å²) in [6.07, 6.45) is 0. The lowest BCUT2D eigenvalue weighted by Crippen LogP contribution is -2.43. The molecular weight excluding hydrogens is 284 g/mol. The molecule has 0 spiro atoms. The third-order valence-corrected chi connectivity index (χ3v) is 4.05. The number of nitrogens with zero attached hydrogens (tertiary/aromatic N) is 1. The van der Waals surface area contributed by atoms with Gasteiger partial charge in [-0.05, 0) is 18.1 Å². The van der Waals surface area contributed by atoms with Gasteiger partial charge in [0.2, 0.25) is 0 Å². The first-order valence-electron chi connectivity index (χ1n) is 7.38. The Balaban J connectivity index is 2.07. The van der Waals surface area contributed by atoms with Crippen molar-refractivity contribution in [3.05, 3.63) is 35.4 Å². The molecule has 1 fully saturated rings. The van der Waals surface area contributed by atoms with E-state index >= 15 is 0 Å². The predicted molar refractivity (Wildman–Crippen MR) is 82.1 cm³/mol. The first kappa shape index (κ1) is 16.9. The van der Waals surface area contributed by atoms with Crippen molar-refractivity contribution in [1.82, 2.24) is 10.4 Å². The number of nitrogens with one attached hydrogen (secondary N) is 1. The monoisotopic (exact) mass is 308 g/mol. The highest BCUT2D eigenvalue weighted by atomic mass is 16.6. The number of methoxy groups -OCH3 is 1. The largest absolute Gasteiger partial charge is 0.379 e. The molecule has 1 atom stereocenters. The first-order valence-corrected chi connectivity index (χ1v) is 7.38. The van der Waals surface area contributed by atoms with Crippen molar-refractivity contribution in [2.24, 2.45) is 0 Å². The third-order valence-electron chi connectivity index (χ3n) is 4.05. The molecule has 1 aromatic carbocycles. The molecule has 1 aliphatic rings. The van der Waals surface area contributed by atoms with Gasteiger partial charge in [-0.15, -0.1) is 0 Å². The first-order chi connectivity index (χ1) is 10.6. The van der Waals surface area contributed by atoms with Crippen molar-refractivity contribution in [2.75, 3.05) is 40.5 Å². The maximum absolute atomic E-state index is 12.1. The summed E-state index contributed by atoms with van der Waals surface area (Å²) in [7, 11) is 2.91. The van der Waals surface area contributed by atoms with Crippen molar-refractivity contribution >= 4 is 5.91 Å². The number of amides is 1. The van der Waals surface area contributed by atoms with Crippen molar-refractivity contribution < 1.29 is 19.1 Å². The molecule has 1 saturated heterocycles. The Morgan fingerprint density at radius 2 is 1.91 bits per heavy atom. The van der Waals surface area contributed by atoms with Crippen LogP contribution in [-0.2, 0) is 31.3 Å². The van der Waals surface area contributed by atoms with E-state index in [0.717, 1.165) is 38.4 Å². The fraction of sp³-hybridized carbons (Fsp3) is 0.562. The Hall–Kier alpha value is -1.47. The van der Waals surface area contributed by atoms with Crippen molar-refractivity contribution in [1.29, 1.82) is 0 Å². The molecular formula is C16H24N2O4. The topological polar surface area (TPSA) is 60.0 Å². The van der Waals surface area contributed by atoms with Crippen molar-refractivity contribution in [3.8, 4) is 0 Å². The zero-order chi connectivity index (χ0) is 16.0. The zero-order valence-corrected chi connectivity index (χ0v) is 13.4. The van der Waals surface area contributed by atoms with Gasteiger partial charge >= 0.3 is 0 Å². The van der Waals surface area contributed by atoms with Gasteiger partial charge in [-0.1, -0.05) is 24.3 Å². The zero-order valence-electron chi connectivity index (χ0n) is 13.4. The standard InChI is InChI=1S/C16H24N2O4/c1-16(20-2,15(19)17-21-3)14-6-4-13(5-7-14)12-18-8-10-22-11-9-18/h4-7H,8-12H2,1-3H3,(H,17,19). The number of carbonyl (C=O) groups excluding carboxylic acids is 1. The van der Waals surface area contributed by atoms with E-state index in [1.165, 1.54) is 19.8 Å². The summed E-state index contributed by atoms with van der Waals surface area (Å²) >= 11 is 0. The van der Waals surface area contributed by atoms with Gasteiger partial charge in [0.25, 0.3) is 5.91 Å². The van der Waals surface area contributed by atoms with Crippen LogP contribution in [0.2, 0.25) is 0 Å². The number of hydroxylamine groups is 1. The van der Waals surface area contributed by atoms with Gasteiger partial charge in [0.1, 0.15) is 0 Å². The summed E-state index contributed by atoms with van der Waals surface area (Å²) in [6, 6.07) is 7.91. The number of hydrogen-bond acceptors (Lipinski definition) is 5. The fourth-order valence-corrected chi connectivity index (χ4v) is 2.48. The van der Waals surface area contributed by atoms with Crippen LogP contribution in [0.25, 0.3) is 0 Å². The highest BCUT2D eigenvalue weighted by Crippen LogP contribution is 2.25. The molecule has 1 N–H and O–H groups in total. The van der Waals surface area contributed by atoms with Crippen LogP contribution in [0.4, 0.5) is 0 Å². The normalized spacial score (nSPS) is 18.7. The van der Waals surface area contributed by atoms with Gasteiger partial charge in [0, 0.05) is 26.7 Å². The van der Waals surface area contributed by atoms with Crippen LogP contribution in [0.15, 0.2) is 24.3 Å². The number of carbonyl (C=O) groups is 1. The lowest BCUT2D eigenvalue weighted by Gasteiger charge is -2.28. The van der Waals surface area contributed by atoms with Crippen LogP contribution in [0.1, 0.15) is 18.1 Å². The molecule has 0 aliphatic carbocycles. The molecule has 6 nitrogen and oxygen atoms in total. The summed E-state index contributed by atoms with van der Waals surface area (Å²) in [5, 5.41) is 0. The molecule has 2 rings (SSSR count). The van der Waals surface area contributed by atoms with E-state index in [1.54, 1.807) is 6.92 Å². The second kappa shape index (κ2) is 7.69. The Kier molecular flexibility index (Phi) is 5.90. The van der Waals surface area contributed by atoms with Crippen molar-refractivity contribution in [2.45, 2.75) is 19.1 Å². The van der Waals surface area contributed by atoms with Crippen LogP contribution < -0.4 is 5.48 Å². The molecule has 22 heavy (non-hydrogen) atoms. The Labute approximate surface area is 131 Å². The molecule has 0 aromatic heterocycles. The van der Waals surface area contributed by atoms with Gasteiger partial charge in [-0.25, -0.2) is 5.48 Å². The van der Waals surface area contributed by atoms with E-state index in [9.17, 15) is 4.79 Å². The van der Waals surface area contributed by atoms with Crippen LogP contribution in [0, 0.1) is 0 Å². The average Bonchev–Trinajstić information content (AvgIpc) is 2.56. The second-order valence-electron chi connectivity index (χ2n) is 5.46. The molecule has 0 saturated carbocycles. The Morgan fingerprint density at radius 3 is 2.45 bits per heavy atom. The summed E-state index contributed by atoms with van der Waals surface area (Å²) in [5.74, 6) is -0.335. The quantitative estimate of drug-likeness (QED) is 0.796. The van der Waals surface area contributed by atoms with Crippen LogP contribution in [0.3, 0.4) is 0 Å². The van der Waals surface area contributed by atoms with Gasteiger partial charge in [-0.2, -0.15) is 0 Å². The SMILES string of the molecule is CONC(=O)C(C)(OC)c1ccc(CN2CCOCC2)cc1. The molecule has 1 aliphatic heterocycles. The minimum absolute atomic E-state index is 0.335. The van der Waals surface area contributed by atoms with E-state index in [1.807, 2.05) is 24.3 Å². The summed E-state index contributed by atoms with van der Waals surface area (Å²) in [4.78, 5) is 19.2. The minimum atomic E-state index is -1.08. The van der Waals surface area contributed by atoms with E-state index in [-0.39, 0.29) is 5.91 Å². The number of benzene rings is 1. The van der Waals surface area contributed by atoms with Gasteiger partial charge in [0.15, 0.2) is 5.60 Å². The predicted octanol–water partition coefficient (Wildman–Crippen LogP) is 1.06. The molecule has 1 aromatic rings. The molecule has 1 amide bonds. The third kappa shape index (κ3) is 3.84.